The van der Waals surface area contributed by atoms with E-state index < -0.39 is 0 Å². The van der Waals surface area contributed by atoms with E-state index in [-0.39, 0.29) is 30.6 Å². The maximum Gasteiger partial charge on any atom is 0.220 e. The first-order valence-electron chi connectivity index (χ1n) is 9.99. The molecule has 28 heavy (non-hydrogen) atoms. The SMILES string of the molecule is O=C(CCC(=O)c1ccc2c(c1)CCCC2)NCC1COc2ccccc2O1. The summed E-state index contributed by atoms with van der Waals surface area (Å²) in [6.07, 6.45) is 4.73. The molecule has 146 valence electrons. The van der Waals surface area contributed by atoms with E-state index in [1.165, 1.54) is 24.0 Å². The molecular formula is C23H25NO4. The highest BCUT2D eigenvalue weighted by Crippen LogP contribution is 2.30. The van der Waals surface area contributed by atoms with Gasteiger partial charge in [-0.15, -0.1) is 0 Å². The lowest BCUT2D eigenvalue weighted by molar-refractivity contribution is -0.121. The van der Waals surface area contributed by atoms with E-state index in [0.717, 1.165) is 18.6 Å². The van der Waals surface area contributed by atoms with Crippen LogP contribution in [0, 0.1) is 0 Å². The summed E-state index contributed by atoms with van der Waals surface area (Å²) in [6, 6.07) is 13.5. The van der Waals surface area contributed by atoms with E-state index >= 15 is 0 Å². The van der Waals surface area contributed by atoms with E-state index in [1.54, 1.807) is 0 Å². The zero-order chi connectivity index (χ0) is 19.3. The van der Waals surface area contributed by atoms with Crippen LogP contribution in [0.4, 0.5) is 0 Å². The molecule has 4 rings (SSSR count). The van der Waals surface area contributed by atoms with Gasteiger partial charge in [0, 0.05) is 18.4 Å². The minimum Gasteiger partial charge on any atom is -0.486 e. The van der Waals surface area contributed by atoms with Gasteiger partial charge >= 0.3 is 0 Å². The van der Waals surface area contributed by atoms with Crippen molar-refractivity contribution in [2.24, 2.45) is 0 Å². The van der Waals surface area contributed by atoms with Gasteiger partial charge in [-0.1, -0.05) is 24.3 Å². The fourth-order valence-corrected chi connectivity index (χ4v) is 3.76. The normalized spacial score (nSPS) is 17.5. The van der Waals surface area contributed by atoms with Gasteiger partial charge in [-0.2, -0.15) is 0 Å². The number of ether oxygens (including phenoxy) is 2. The molecule has 0 spiro atoms. The minimum atomic E-state index is -0.227. The van der Waals surface area contributed by atoms with Crippen LogP contribution in [0.15, 0.2) is 42.5 Å². The first-order valence-corrected chi connectivity index (χ1v) is 9.99. The van der Waals surface area contributed by atoms with Gasteiger partial charge in [-0.05, 0) is 55.0 Å². The molecule has 1 atom stereocenters. The van der Waals surface area contributed by atoms with E-state index in [4.69, 9.17) is 9.47 Å². The molecule has 1 amide bonds. The number of carbonyl (C=O) groups excluding carboxylic acids is 2. The lowest BCUT2D eigenvalue weighted by Gasteiger charge is -2.26. The highest BCUT2D eigenvalue weighted by atomic mass is 16.6. The number of rotatable bonds is 6. The monoisotopic (exact) mass is 379 g/mol. The molecule has 0 saturated carbocycles. The van der Waals surface area contributed by atoms with Crippen molar-refractivity contribution in [2.45, 2.75) is 44.6 Å². The van der Waals surface area contributed by atoms with Crippen LogP contribution in [0.5, 0.6) is 11.5 Å². The number of fused-ring (bicyclic) bond motifs is 2. The summed E-state index contributed by atoms with van der Waals surface area (Å²) in [7, 11) is 0. The van der Waals surface area contributed by atoms with E-state index in [2.05, 4.69) is 11.4 Å². The molecule has 1 aliphatic heterocycles. The van der Waals surface area contributed by atoms with Gasteiger partial charge in [0.15, 0.2) is 17.3 Å². The van der Waals surface area contributed by atoms with Gasteiger partial charge < -0.3 is 14.8 Å². The fraction of sp³-hybridized carbons (Fsp3) is 0.391. The Morgan fingerprint density at radius 1 is 0.964 bits per heavy atom. The van der Waals surface area contributed by atoms with Gasteiger partial charge in [0.05, 0.1) is 6.54 Å². The molecular weight excluding hydrogens is 354 g/mol. The molecule has 2 aliphatic rings. The first-order chi connectivity index (χ1) is 13.7. The molecule has 2 aromatic carbocycles. The Balaban J connectivity index is 1.23. The summed E-state index contributed by atoms with van der Waals surface area (Å²) >= 11 is 0. The number of carbonyl (C=O) groups is 2. The molecule has 5 heteroatoms. The van der Waals surface area contributed by atoms with Crippen LogP contribution in [0.3, 0.4) is 0 Å². The molecule has 0 fully saturated rings. The van der Waals surface area contributed by atoms with Crippen molar-refractivity contribution in [3.8, 4) is 11.5 Å². The highest BCUT2D eigenvalue weighted by Gasteiger charge is 2.21. The number of ketones is 1. The summed E-state index contributed by atoms with van der Waals surface area (Å²) in [5.74, 6) is 1.29. The molecule has 1 N–H and O–H groups in total. The largest absolute Gasteiger partial charge is 0.486 e. The summed E-state index contributed by atoms with van der Waals surface area (Å²) in [6.45, 7) is 0.756. The zero-order valence-corrected chi connectivity index (χ0v) is 15.9. The molecule has 0 radical (unpaired) electrons. The number of amides is 1. The van der Waals surface area contributed by atoms with Gasteiger partial charge in [0.1, 0.15) is 12.7 Å². The van der Waals surface area contributed by atoms with Crippen molar-refractivity contribution in [2.75, 3.05) is 13.2 Å². The quantitative estimate of drug-likeness (QED) is 0.781. The van der Waals surface area contributed by atoms with Crippen molar-refractivity contribution in [1.82, 2.24) is 5.32 Å². The Labute approximate surface area is 165 Å². The predicted octanol–water partition coefficient (Wildman–Crippen LogP) is 3.48. The smallest absolute Gasteiger partial charge is 0.220 e. The van der Waals surface area contributed by atoms with Crippen LogP contribution >= 0.6 is 0 Å². The molecule has 0 aromatic heterocycles. The topological polar surface area (TPSA) is 64.6 Å². The lowest BCUT2D eigenvalue weighted by Crippen LogP contribution is -2.40. The first kappa shape index (κ1) is 18.5. The van der Waals surface area contributed by atoms with Gasteiger partial charge in [-0.3, -0.25) is 9.59 Å². The van der Waals surface area contributed by atoms with Crippen molar-refractivity contribution >= 4 is 11.7 Å². The third-order valence-electron chi connectivity index (χ3n) is 5.34. The average molecular weight is 379 g/mol. The third kappa shape index (κ3) is 4.35. The van der Waals surface area contributed by atoms with Crippen LogP contribution in [0.25, 0.3) is 0 Å². The molecule has 1 unspecified atom stereocenters. The van der Waals surface area contributed by atoms with Crippen molar-refractivity contribution in [1.29, 1.82) is 0 Å². The molecule has 0 bridgehead atoms. The van der Waals surface area contributed by atoms with Crippen LogP contribution in [-0.2, 0) is 17.6 Å². The fourth-order valence-electron chi connectivity index (χ4n) is 3.76. The van der Waals surface area contributed by atoms with Gasteiger partial charge in [-0.25, -0.2) is 0 Å². The van der Waals surface area contributed by atoms with E-state index in [0.29, 0.717) is 24.5 Å². The Kier molecular flexibility index (Phi) is 5.60. The molecule has 1 aliphatic carbocycles. The van der Waals surface area contributed by atoms with E-state index in [9.17, 15) is 9.59 Å². The summed E-state index contributed by atoms with van der Waals surface area (Å²) < 4.78 is 11.5. The zero-order valence-electron chi connectivity index (χ0n) is 15.9. The Hall–Kier alpha value is -2.82. The standard InChI is InChI=1S/C23H25NO4/c25-20(18-10-9-16-5-1-2-6-17(16)13-18)11-12-23(26)24-14-19-15-27-21-7-3-4-8-22(21)28-19/h3-4,7-10,13,19H,1-2,5-6,11-12,14-15H2,(H,24,26). The molecule has 5 nitrogen and oxygen atoms in total. The number of hydrogen-bond acceptors (Lipinski definition) is 4. The number of benzene rings is 2. The second-order valence-corrected chi connectivity index (χ2v) is 7.42. The third-order valence-corrected chi connectivity index (χ3v) is 5.34. The maximum absolute atomic E-state index is 12.5. The molecule has 0 saturated heterocycles. The average Bonchev–Trinajstić information content (AvgIpc) is 2.75. The second-order valence-electron chi connectivity index (χ2n) is 7.42. The van der Waals surface area contributed by atoms with Crippen molar-refractivity contribution in [3.63, 3.8) is 0 Å². The Morgan fingerprint density at radius 3 is 2.61 bits per heavy atom. The Bertz CT molecular complexity index is 877. The van der Waals surface area contributed by atoms with Crippen LogP contribution in [0.1, 0.15) is 47.2 Å². The van der Waals surface area contributed by atoms with Gasteiger partial charge in [0.2, 0.25) is 5.91 Å². The number of nitrogens with one attached hydrogen (secondary N) is 1. The van der Waals surface area contributed by atoms with Crippen LogP contribution < -0.4 is 14.8 Å². The number of hydrogen-bond donors (Lipinski definition) is 1. The number of para-hydroxylation sites is 2. The molecule has 2 aromatic rings. The van der Waals surface area contributed by atoms with Crippen molar-refractivity contribution in [3.05, 3.63) is 59.2 Å². The minimum absolute atomic E-state index is 0.0229. The summed E-state index contributed by atoms with van der Waals surface area (Å²) in [5, 5.41) is 2.84. The predicted molar refractivity (Wildman–Crippen MR) is 106 cm³/mol. The summed E-state index contributed by atoms with van der Waals surface area (Å²) in [4.78, 5) is 24.6. The maximum atomic E-state index is 12.5. The summed E-state index contributed by atoms with van der Waals surface area (Å²) in [5.41, 5.74) is 3.36. The number of aryl methyl sites for hydroxylation is 2. The van der Waals surface area contributed by atoms with Crippen molar-refractivity contribution < 1.29 is 19.1 Å². The van der Waals surface area contributed by atoms with Crippen LogP contribution in [0.2, 0.25) is 0 Å². The Morgan fingerprint density at radius 2 is 1.75 bits per heavy atom. The lowest BCUT2D eigenvalue weighted by atomic mass is 9.89. The van der Waals surface area contributed by atoms with E-state index in [1.807, 2.05) is 36.4 Å². The highest BCUT2D eigenvalue weighted by molar-refractivity contribution is 5.98. The number of Topliss-reactive ketones (excluding diaryl/α,β-unsaturated/α-hetero) is 1. The van der Waals surface area contributed by atoms with Crippen LogP contribution in [-0.4, -0.2) is 30.9 Å². The van der Waals surface area contributed by atoms with Gasteiger partial charge in [0.25, 0.3) is 0 Å². The second kappa shape index (κ2) is 8.46. The molecule has 1 heterocycles.